The second-order valence-electron chi connectivity index (χ2n) is 5.40. The lowest BCUT2D eigenvalue weighted by Gasteiger charge is -2.13. The molecule has 130 valence electrons. The van der Waals surface area contributed by atoms with Crippen molar-refractivity contribution < 1.29 is 19.4 Å². The number of nitrogens with one attached hydrogen (secondary N) is 2. The van der Waals surface area contributed by atoms with Crippen LogP contribution in [-0.4, -0.2) is 47.2 Å². The summed E-state index contributed by atoms with van der Waals surface area (Å²) in [5.41, 5.74) is 3.78. The lowest BCUT2D eigenvalue weighted by molar-refractivity contribution is -0.144. The molecule has 1 unspecified atom stereocenters. The van der Waals surface area contributed by atoms with E-state index in [4.69, 9.17) is 0 Å². The van der Waals surface area contributed by atoms with Gasteiger partial charge in [-0.25, -0.2) is 14.8 Å². The number of thiazole rings is 1. The largest absolute Gasteiger partial charge is 0.467 e. The molecule has 2 heterocycles. The van der Waals surface area contributed by atoms with E-state index in [1.54, 1.807) is 11.6 Å². The Labute approximate surface area is 147 Å². The van der Waals surface area contributed by atoms with Crippen molar-refractivity contribution in [3.63, 3.8) is 0 Å². The van der Waals surface area contributed by atoms with Gasteiger partial charge in [-0.15, -0.1) is 11.3 Å². The van der Waals surface area contributed by atoms with Crippen LogP contribution < -0.4 is 10.6 Å². The molecule has 0 bridgehead atoms. The van der Waals surface area contributed by atoms with Gasteiger partial charge >= 0.3 is 5.97 Å². The maximum Gasteiger partial charge on any atom is 0.333 e. The number of carbonyl (C=O) groups excluding carboxylic acids is 2. The van der Waals surface area contributed by atoms with Gasteiger partial charge in [-0.1, -0.05) is 6.07 Å². The molecule has 1 aromatic heterocycles. The van der Waals surface area contributed by atoms with Crippen LogP contribution in [0.5, 0.6) is 0 Å². The summed E-state index contributed by atoms with van der Waals surface area (Å²) in [6.45, 7) is 1.42. The molecular weight excluding hydrogens is 344 g/mol. The summed E-state index contributed by atoms with van der Waals surface area (Å²) in [7, 11) is 1.21. The molecule has 1 aromatic carbocycles. The summed E-state index contributed by atoms with van der Waals surface area (Å²) in [4.78, 5) is 32.0. The van der Waals surface area contributed by atoms with Crippen LogP contribution in [0.2, 0.25) is 0 Å². The minimum absolute atomic E-state index is 0.0893. The molecule has 1 saturated heterocycles. The minimum atomic E-state index is -1.12. The number of ether oxygens (including phenoxy) is 1. The Hall–Kier alpha value is -2.78. The fraction of sp³-hybridized carbons (Fsp3) is 0.250. The molecule has 3 rings (SSSR count). The Kier molecular flexibility index (Phi) is 4.77. The molecule has 1 aliphatic heterocycles. The number of fused-ring (bicyclic) bond motifs is 1. The standard InChI is InChI=1S/C16H16N4O4S/c1-8(21)13(15(23)24-2)19-16-18-11(14(22)20-16)5-9-3-4-10-12(6-9)25-7-17-10/h3-8,13,21H,1-2H3,(H2,18,19,20,22)/b11-5-/t8?,13-/m0/s1. The fourth-order valence-electron chi connectivity index (χ4n) is 2.30. The molecule has 3 N–H and O–H groups in total. The highest BCUT2D eigenvalue weighted by molar-refractivity contribution is 7.16. The number of rotatable bonds is 4. The number of esters is 1. The Morgan fingerprint density at radius 3 is 2.96 bits per heavy atom. The van der Waals surface area contributed by atoms with Crippen molar-refractivity contribution in [2.24, 2.45) is 4.99 Å². The third-order valence-corrected chi connectivity index (χ3v) is 4.36. The number of methoxy groups -OCH3 is 1. The van der Waals surface area contributed by atoms with Gasteiger partial charge in [-0.05, 0) is 30.7 Å². The van der Waals surface area contributed by atoms with E-state index in [9.17, 15) is 14.7 Å². The predicted molar refractivity (Wildman–Crippen MR) is 93.8 cm³/mol. The summed E-state index contributed by atoms with van der Waals surface area (Å²) in [5.74, 6) is -0.976. The second kappa shape index (κ2) is 6.99. The number of benzene rings is 1. The molecule has 2 aromatic rings. The zero-order chi connectivity index (χ0) is 18.0. The Morgan fingerprint density at radius 2 is 2.24 bits per heavy atom. The SMILES string of the molecule is COC(=O)[C@@H](N=C1NC(=O)/C(=C/c2ccc3ncsc3c2)N1)C(C)O. The molecule has 8 nitrogen and oxygen atoms in total. The summed E-state index contributed by atoms with van der Waals surface area (Å²) in [6, 6.07) is 4.53. The van der Waals surface area contributed by atoms with Crippen molar-refractivity contribution >= 4 is 45.5 Å². The highest BCUT2D eigenvalue weighted by Crippen LogP contribution is 2.20. The molecule has 9 heteroatoms. The van der Waals surface area contributed by atoms with Crippen LogP contribution in [0.15, 0.2) is 34.4 Å². The molecule has 1 amide bonds. The molecule has 1 aliphatic rings. The molecule has 1 fully saturated rings. The number of amides is 1. The van der Waals surface area contributed by atoms with Crippen molar-refractivity contribution in [2.45, 2.75) is 19.1 Å². The predicted octanol–water partition coefficient (Wildman–Crippen LogP) is 0.635. The van der Waals surface area contributed by atoms with Gasteiger partial charge in [-0.2, -0.15) is 0 Å². The van der Waals surface area contributed by atoms with Gasteiger partial charge in [0.05, 0.1) is 28.9 Å². The maximum atomic E-state index is 12.1. The monoisotopic (exact) mass is 360 g/mol. The minimum Gasteiger partial charge on any atom is -0.467 e. The quantitative estimate of drug-likeness (QED) is 0.545. The maximum absolute atomic E-state index is 12.1. The average molecular weight is 360 g/mol. The first-order valence-electron chi connectivity index (χ1n) is 7.45. The summed E-state index contributed by atoms with van der Waals surface area (Å²) >= 11 is 1.51. The Balaban J connectivity index is 1.83. The van der Waals surface area contributed by atoms with E-state index in [1.807, 2.05) is 18.2 Å². The van der Waals surface area contributed by atoms with E-state index < -0.39 is 18.1 Å². The third kappa shape index (κ3) is 3.67. The first-order valence-corrected chi connectivity index (χ1v) is 8.33. The Morgan fingerprint density at radius 1 is 1.44 bits per heavy atom. The summed E-state index contributed by atoms with van der Waals surface area (Å²) < 4.78 is 5.62. The van der Waals surface area contributed by atoms with Gasteiger partial charge < -0.3 is 15.2 Å². The third-order valence-electron chi connectivity index (χ3n) is 3.56. The normalized spacial score (nSPS) is 19.7. The number of aliphatic imine (C=N–C) groups is 1. The number of aliphatic hydroxyl groups is 1. The van der Waals surface area contributed by atoms with Crippen LogP contribution in [0.1, 0.15) is 12.5 Å². The van der Waals surface area contributed by atoms with Crippen molar-refractivity contribution in [3.8, 4) is 0 Å². The van der Waals surface area contributed by atoms with Gasteiger partial charge in [0, 0.05) is 0 Å². The van der Waals surface area contributed by atoms with E-state index in [0.717, 1.165) is 15.8 Å². The number of nitrogens with zero attached hydrogens (tertiary/aromatic N) is 2. The van der Waals surface area contributed by atoms with Gasteiger partial charge in [0.1, 0.15) is 5.70 Å². The number of aliphatic hydroxyl groups excluding tert-OH is 1. The molecule has 0 radical (unpaired) electrons. The van der Waals surface area contributed by atoms with Crippen molar-refractivity contribution in [2.75, 3.05) is 7.11 Å². The smallest absolute Gasteiger partial charge is 0.333 e. The lowest BCUT2D eigenvalue weighted by atomic mass is 10.2. The fourth-order valence-corrected chi connectivity index (χ4v) is 3.03. The molecule has 25 heavy (non-hydrogen) atoms. The molecular formula is C16H16N4O4S. The number of hydrogen-bond donors (Lipinski definition) is 3. The number of aromatic nitrogens is 1. The van der Waals surface area contributed by atoms with Crippen LogP contribution in [0.25, 0.3) is 16.3 Å². The van der Waals surface area contributed by atoms with Crippen molar-refractivity contribution in [1.29, 1.82) is 0 Å². The first-order chi connectivity index (χ1) is 12.0. The number of hydrogen-bond acceptors (Lipinski definition) is 7. The molecule has 0 saturated carbocycles. The van der Waals surface area contributed by atoms with Crippen LogP contribution in [-0.2, 0) is 14.3 Å². The average Bonchev–Trinajstić information content (AvgIpc) is 3.18. The molecule has 0 aliphatic carbocycles. The van der Waals surface area contributed by atoms with E-state index >= 15 is 0 Å². The lowest BCUT2D eigenvalue weighted by Crippen LogP contribution is -2.36. The zero-order valence-corrected chi connectivity index (χ0v) is 14.3. The van der Waals surface area contributed by atoms with Gasteiger partial charge in [0.15, 0.2) is 6.04 Å². The summed E-state index contributed by atoms with van der Waals surface area (Å²) in [6.07, 6.45) is 0.618. The van der Waals surface area contributed by atoms with Crippen LogP contribution in [0.3, 0.4) is 0 Å². The van der Waals surface area contributed by atoms with Crippen LogP contribution in [0.4, 0.5) is 0 Å². The first kappa shape index (κ1) is 17.1. The topological polar surface area (TPSA) is 113 Å². The van der Waals surface area contributed by atoms with Crippen molar-refractivity contribution in [3.05, 3.63) is 35.0 Å². The van der Waals surface area contributed by atoms with E-state index in [1.165, 1.54) is 25.4 Å². The number of carbonyl (C=O) groups is 2. The highest BCUT2D eigenvalue weighted by atomic mass is 32.1. The second-order valence-corrected chi connectivity index (χ2v) is 6.29. The zero-order valence-electron chi connectivity index (χ0n) is 13.5. The highest BCUT2D eigenvalue weighted by Gasteiger charge is 2.28. The van der Waals surface area contributed by atoms with Gasteiger partial charge in [-0.3, -0.25) is 10.1 Å². The van der Waals surface area contributed by atoms with Gasteiger partial charge in [0.2, 0.25) is 5.96 Å². The Bertz CT molecular complexity index is 887. The molecule has 2 atom stereocenters. The number of guanidine groups is 1. The van der Waals surface area contributed by atoms with Crippen LogP contribution >= 0.6 is 11.3 Å². The van der Waals surface area contributed by atoms with E-state index in [0.29, 0.717) is 0 Å². The van der Waals surface area contributed by atoms with Gasteiger partial charge in [0.25, 0.3) is 5.91 Å². The molecule has 0 spiro atoms. The van der Waals surface area contributed by atoms with E-state index in [2.05, 4.69) is 25.3 Å². The van der Waals surface area contributed by atoms with Crippen LogP contribution in [0, 0.1) is 0 Å². The van der Waals surface area contributed by atoms with Crippen molar-refractivity contribution in [1.82, 2.24) is 15.6 Å². The summed E-state index contributed by atoms with van der Waals surface area (Å²) in [5, 5.41) is 15.0. The van der Waals surface area contributed by atoms with E-state index in [-0.39, 0.29) is 17.6 Å².